The van der Waals surface area contributed by atoms with Crippen molar-refractivity contribution in [3.05, 3.63) is 118 Å². The number of carbonyl (C=O) groups is 1. The number of fused-ring (bicyclic) bond motifs is 4. The second-order valence-electron chi connectivity index (χ2n) is 8.75. The molecule has 3 aromatic carbocycles. The second-order valence-corrected chi connectivity index (χ2v) is 9.19. The van der Waals surface area contributed by atoms with Gasteiger partial charge in [-0.3, -0.25) is 4.79 Å². The topological polar surface area (TPSA) is 97.2 Å². The van der Waals surface area contributed by atoms with E-state index in [4.69, 9.17) is 27.2 Å². The Balaban J connectivity index is 1.62. The average molecular weight is 494 g/mol. The molecule has 0 fully saturated rings. The van der Waals surface area contributed by atoms with Gasteiger partial charge in [-0.25, -0.2) is 4.68 Å². The molecule has 2 aliphatic rings. The largest absolute Gasteiger partial charge is 0.422 e. The molecule has 3 heterocycles. The predicted molar refractivity (Wildman–Crippen MR) is 136 cm³/mol. The number of para-hydroxylation sites is 2. The Morgan fingerprint density at radius 1 is 1.06 bits per heavy atom. The zero-order chi connectivity index (χ0) is 25.0. The van der Waals surface area contributed by atoms with Gasteiger partial charge in [0.1, 0.15) is 17.1 Å². The lowest BCUT2D eigenvalue weighted by Crippen LogP contribution is -2.46. The second kappa shape index (κ2) is 8.01. The number of nitriles is 1. The molecule has 2 aliphatic heterocycles. The minimum atomic E-state index is -1.48. The van der Waals surface area contributed by atoms with Crippen LogP contribution in [-0.4, -0.2) is 15.7 Å². The molecule has 1 atom stereocenters. The van der Waals surface area contributed by atoms with Crippen LogP contribution in [0, 0.1) is 18.3 Å². The van der Waals surface area contributed by atoms with Crippen molar-refractivity contribution in [3.63, 3.8) is 0 Å². The molecule has 0 saturated carbocycles. The van der Waals surface area contributed by atoms with E-state index in [-0.39, 0.29) is 17.4 Å². The number of carbonyl (C=O) groups excluding carboxylic acids is 1. The average Bonchev–Trinajstić information content (AvgIpc) is 3.34. The summed E-state index contributed by atoms with van der Waals surface area (Å²) in [5.41, 5.74) is 9.06. The quantitative estimate of drug-likeness (QED) is 0.444. The van der Waals surface area contributed by atoms with E-state index in [0.29, 0.717) is 40.0 Å². The highest BCUT2D eigenvalue weighted by Gasteiger charge is 2.61. The number of benzene rings is 3. The van der Waals surface area contributed by atoms with Crippen molar-refractivity contribution in [1.29, 1.82) is 5.26 Å². The summed E-state index contributed by atoms with van der Waals surface area (Å²) in [5.74, 6) is -0.0660. The van der Waals surface area contributed by atoms with Gasteiger partial charge in [0.15, 0.2) is 0 Å². The molecular formula is C28H20ClN5O2. The van der Waals surface area contributed by atoms with Crippen LogP contribution in [0.1, 0.15) is 22.4 Å². The van der Waals surface area contributed by atoms with Crippen molar-refractivity contribution in [2.45, 2.75) is 18.9 Å². The fraction of sp³-hybridized carbons (Fsp3) is 0.107. The zero-order valence-electron chi connectivity index (χ0n) is 19.3. The molecular weight excluding hydrogens is 474 g/mol. The van der Waals surface area contributed by atoms with Gasteiger partial charge >= 0.3 is 0 Å². The molecule has 1 unspecified atom stereocenters. The number of aromatic nitrogens is 2. The van der Waals surface area contributed by atoms with Gasteiger partial charge in [-0.15, -0.1) is 0 Å². The van der Waals surface area contributed by atoms with Crippen LogP contribution in [0.2, 0.25) is 5.02 Å². The van der Waals surface area contributed by atoms with Crippen LogP contribution in [-0.2, 0) is 16.8 Å². The van der Waals surface area contributed by atoms with Crippen LogP contribution in [0.4, 0.5) is 5.69 Å². The lowest BCUT2D eigenvalue weighted by Gasteiger charge is -2.33. The molecule has 2 N–H and O–H groups in total. The highest BCUT2D eigenvalue weighted by Crippen LogP contribution is 2.56. The minimum Gasteiger partial charge on any atom is -0.422 e. The molecule has 1 amide bonds. The lowest BCUT2D eigenvalue weighted by molar-refractivity contribution is -0.121. The maximum atomic E-state index is 14.6. The summed E-state index contributed by atoms with van der Waals surface area (Å²) in [4.78, 5) is 16.2. The van der Waals surface area contributed by atoms with Crippen molar-refractivity contribution >= 4 is 23.2 Å². The summed E-state index contributed by atoms with van der Waals surface area (Å²) >= 11 is 6.08. The van der Waals surface area contributed by atoms with Crippen molar-refractivity contribution in [2.75, 3.05) is 4.90 Å². The third kappa shape index (κ3) is 2.92. The fourth-order valence-electron chi connectivity index (χ4n) is 5.25. The summed E-state index contributed by atoms with van der Waals surface area (Å²) in [7, 11) is 0. The van der Waals surface area contributed by atoms with E-state index in [9.17, 15) is 10.1 Å². The van der Waals surface area contributed by atoms with E-state index < -0.39 is 5.41 Å². The number of nitrogens with zero attached hydrogens (tertiary/aromatic N) is 4. The number of hydrogen-bond acceptors (Lipinski definition) is 5. The Bertz CT molecular complexity index is 1600. The highest BCUT2D eigenvalue weighted by molar-refractivity contribution is 6.30. The van der Waals surface area contributed by atoms with Crippen molar-refractivity contribution < 1.29 is 9.53 Å². The Morgan fingerprint density at radius 2 is 1.75 bits per heavy atom. The molecule has 0 aliphatic carbocycles. The van der Waals surface area contributed by atoms with E-state index in [1.165, 1.54) is 0 Å². The first-order valence-corrected chi connectivity index (χ1v) is 11.7. The molecule has 6 rings (SSSR count). The molecule has 1 aromatic heterocycles. The first kappa shape index (κ1) is 22.0. The first-order valence-electron chi connectivity index (χ1n) is 11.4. The third-order valence-electron chi connectivity index (χ3n) is 6.75. The molecule has 36 heavy (non-hydrogen) atoms. The normalized spacial score (nSPS) is 18.1. The fourth-order valence-corrected chi connectivity index (χ4v) is 5.37. The maximum absolute atomic E-state index is 14.6. The Hall–Kier alpha value is -4.54. The first-order chi connectivity index (χ1) is 17.5. The van der Waals surface area contributed by atoms with Crippen molar-refractivity contribution in [3.8, 4) is 17.6 Å². The molecule has 0 radical (unpaired) electrons. The Morgan fingerprint density at radius 3 is 2.47 bits per heavy atom. The van der Waals surface area contributed by atoms with Gasteiger partial charge in [0, 0.05) is 16.3 Å². The summed E-state index contributed by atoms with van der Waals surface area (Å²) in [6, 6.07) is 26.5. The molecule has 0 saturated heterocycles. The molecule has 8 heteroatoms. The van der Waals surface area contributed by atoms with Gasteiger partial charge in [-0.1, -0.05) is 60.1 Å². The van der Waals surface area contributed by atoms with Gasteiger partial charge in [0.25, 0.3) is 0 Å². The summed E-state index contributed by atoms with van der Waals surface area (Å²) in [5, 5.41) is 15.6. The van der Waals surface area contributed by atoms with E-state index in [1.54, 1.807) is 21.7 Å². The number of nitrogens with two attached hydrogens (primary N) is 1. The molecule has 0 bridgehead atoms. The van der Waals surface area contributed by atoms with Gasteiger partial charge in [0.05, 0.1) is 23.5 Å². The molecule has 4 aromatic rings. The highest BCUT2D eigenvalue weighted by atomic mass is 35.5. The number of hydrogen-bond donors (Lipinski definition) is 1. The zero-order valence-corrected chi connectivity index (χ0v) is 20.0. The van der Waals surface area contributed by atoms with Gasteiger partial charge < -0.3 is 15.4 Å². The molecule has 1 spiro atoms. The number of aryl methyl sites for hydroxylation is 1. The maximum Gasteiger partial charge on any atom is 0.248 e. The monoisotopic (exact) mass is 493 g/mol. The number of halogens is 1. The van der Waals surface area contributed by atoms with Crippen LogP contribution < -0.4 is 15.4 Å². The van der Waals surface area contributed by atoms with Crippen molar-refractivity contribution in [2.24, 2.45) is 5.73 Å². The van der Waals surface area contributed by atoms with Crippen LogP contribution in [0.25, 0.3) is 5.69 Å². The van der Waals surface area contributed by atoms with E-state index in [1.807, 2.05) is 73.7 Å². The minimum absolute atomic E-state index is 0.0572. The standard InChI is InChI=1S/C28H20ClN5O2/c1-17-24-26(34(32-17)20-7-3-2-4-8-20)36-25(31)22(15-30)28(24)21-9-5-6-10-23(21)33(27(28)35)16-18-11-13-19(29)14-12-18/h2-14H,16,31H2,1H3. The van der Waals surface area contributed by atoms with Crippen LogP contribution in [0.3, 0.4) is 0 Å². The van der Waals surface area contributed by atoms with Crippen LogP contribution in [0.5, 0.6) is 5.88 Å². The van der Waals surface area contributed by atoms with Crippen LogP contribution in [0.15, 0.2) is 90.3 Å². The Labute approximate surface area is 212 Å². The Kier molecular flexibility index (Phi) is 4.88. The predicted octanol–water partition coefficient (Wildman–Crippen LogP) is 4.75. The van der Waals surface area contributed by atoms with E-state index in [0.717, 1.165) is 11.3 Å². The third-order valence-corrected chi connectivity index (χ3v) is 7.00. The lowest BCUT2D eigenvalue weighted by atomic mass is 9.69. The van der Waals surface area contributed by atoms with E-state index >= 15 is 0 Å². The number of anilines is 1. The summed E-state index contributed by atoms with van der Waals surface area (Å²) in [6.45, 7) is 2.12. The summed E-state index contributed by atoms with van der Waals surface area (Å²) in [6.07, 6.45) is 0. The van der Waals surface area contributed by atoms with E-state index in [2.05, 4.69) is 6.07 Å². The van der Waals surface area contributed by atoms with Gasteiger partial charge in [-0.05, 0) is 42.8 Å². The SMILES string of the molecule is Cc1nn(-c2ccccc2)c2c1C1(C(=O)N(Cc3ccc(Cl)cc3)c3ccccc31)C(C#N)=C(N)O2. The van der Waals surface area contributed by atoms with Gasteiger partial charge in [-0.2, -0.15) is 10.4 Å². The summed E-state index contributed by atoms with van der Waals surface area (Å²) < 4.78 is 7.64. The van der Waals surface area contributed by atoms with Crippen molar-refractivity contribution in [1.82, 2.24) is 9.78 Å². The molecule has 176 valence electrons. The number of rotatable bonds is 3. The van der Waals surface area contributed by atoms with Crippen LogP contribution >= 0.6 is 11.6 Å². The number of ether oxygens (including phenoxy) is 1. The molecule has 7 nitrogen and oxygen atoms in total. The van der Waals surface area contributed by atoms with Gasteiger partial charge in [0.2, 0.25) is 17.7 Å². The smallest absolute Gasteiger partial charge is 0.248 e. The number of amides is 1.